The minimum absolute atomic E-state index is 0.114. The van der Waals surface area contributed by atoms with Gasteiger partial charge in [0.15, 0.2) is 0 Å². The van der Waals surface area contributed by atoms with Crippen molar-refractivity contribution in [1.29, 1.82) is 0 Å². The summed E-state index contributed by atoms with van der Waals surface area (Å²) in [5.41, 5.74) is 9.57. The van der Waals surface area contributed by atoms with Gasteiger partial charge in [0, 0.05) is 54.6 Å². The molecule has 7 heteroatoms. The Balaban J connectivity index is 1.54. The monoisotopic (exact) mass is 415 g/mol. The van der Waals surface area contributed by atoms with Crippen molar-refractivity contribution in [2.45, 2.75) is 0 Å². The van der Waals surface area contributed by atoms with Crippen molar-refractivity contribution >= 4 is 22.3 Å². The third-order valence-corrected chi connectivity index (χ3v) is 5.75. The van der Waals surface area contributed by atoms with E-state index in [4.69, 9.17) is 5.73 Å². The summed E-state index contributed by atoms with van der Waals surface area (Å²) in [5.74, 6) is -0.490. The Morgan fingerprint density at radius 2 is 1.68 bits per heavy atom. The predicted octanol–water partition coefficient (Wildman–Crippen LogP) is 3.39. The molecule has 1 saturated heterocycles. The summed E-state index contributed by atoms with van der Waals surface area (Å²) in [6, 6.07) is 16.8. The number of nitrogens with one attached hydrogen (secondary N) is 2. The van der Waals surface area contributed by atoms with Crippen LogP contribution in [-0.2, 0) is 0 Å². The van der Waals surface area contributed by atoms with Gasteiger partial charge < -0.3 is 20.9 Å². The van der Waals surface area contributed by atoms with E-state index in [2.05, 4.69) is 20.2 Å². The van der Waals surface area contributed by atoms with Crippen LogP contribution in [0.15, 0.2) is 65.6 Å². The number of H-pyrrole nitrogens is 1. The Morgan fingerprint density at radius 1 is 0.935 bits per heavy atom. The van der Waals surface area contributed by atoms with Crippen LogP contribution < -0.4 is 21.5 Å². The molecular formula is C24H22FN5O. The van der Waals surface area contributed by atoms with Crippen LogP contribution >= 0.6 is 0 Å². The molecule has 0 amide bonds. The van der Waals surface area contributed by atoms with Gasteiger partial charge in [-0.3, -0.25) is 4.79 Å². The molecule has 0 bridgehead atoms. The van der Waals surface area contributed by atoms with Crippen LogP contribution in [0.2, 0.25) is 0 Å². The fourth-order valence-electron chi connectivity index (χ4n) is 4.07. The summed E-state index contributed by atoms with van der Waals surface area (Å²) in [7, 11) is 0. The number of nitrogens with zero attached hydrogens (tertiary/aromatic N) is 2. The van der Waals surface area contributed by atoms with Crippen molar-refractivity contribution in [3.05, 3.63) is 77.1 Å². The summed E-state index contributed by atoms with van der Waals surface area (Å²) >= 11 is 0. The number of fused-ring (bicyclic) bond motifs is 1. The van der Waals surface area contributed by atoms with Crippen molar-refractivity contribution in [1.82, 2.24) is 15.3 Å². The molecule has 156 valence electrons. The largest absolute Gasteiger partial charge is 0.383 e. The number of hydrogen-bond donors (Lipinski definition) is 3. The van der Waals surface area contributed by atoms with Crippen molar-refractivity contribution in [2.24, 2.45) is 0 Å². The standard InChI is InChI=1S/C24H22FN5O/c25-22-20(15-1-4-18(5-2-15)30-11-9-27-10-12-30)14-21(23(26)29-22)16-3-6-19-17(13-16)7-8-28-24(19)31/h1-8,13-14,27H,9-12H2,(H2,26,29)(H,28,31). The molecule has 1 aliphatic rings. The molecule has 0 radical (unpaired) electrons. The zero-order valence-corrected chi connectivity index (χ0v) is 16.9. The maximum absolute atomic E-state index is 14.7. The SMILES string of the molecule is Nc1nc(F)c(-c2ccc(N3CCNCC3)cc2)cc1-c1ccc2c(=O)[nH]ccc2c1. The maximum atomic E-state index is 14.7. The number of nitrogens with two attached hydrogens (primary N) is 1. The molecule has 4 N–H and O–H groups in total. The van der Waals surface area contributed by atoms with Gasteiger partial charge in [0.05, 0.1) is 0 Å². The third kappa shape index (κ3) is 3.64. The average molecular weight is 415 g/mol. The molecule has 0 saturated carbocycles. The zero-order chi connectivity index (χ0) is 21.4. The molecule has 2 aromatic heterocycles. The van der Waals surface area contributed by atoms with Gasteiger partial charge in [-0.1, -0.05) is 18.2 Å². The zero-order valence-electron chi connectivity index (χ0n) is 16.9. The van der Waals surface area contributed by atoms with Gasteiger partial charge in [0.25, 0.3) is 5.56 Å². The van der Waals surface area contributed by atoms with Crippen LogP contribution in [0.5, 0.6) is 0 Å². The molecule has 31 heavy (non-hydrogen) atoms. The number of rotatable bonds is 3. The Morgan fingerprint density at radius 3 is 2.45 bits per heavy atom. The Hall–Kier alpha value is -3.71. The summed E-state index contributed by atoms with van der Waals surface area (Å²) in [5, 5.41) is 4.71. The predicted molar refractivity (Wildman–Crippen MR) is 123 cm³/mol. The topological polar surface area (TPSA) is 87.0 Å². The van der Waals surface area contributed by atoms with Crippen LogP contribution in [0.3, 0.4) is 0 Å². The smallest absolute Gasteiger partial charge is 0.255 e. The molecule has 6 nitrogen and oxygen atoms in total. The second kappa shape index (κ2) is 7.85. The van der Waals surface area contributed by atoms with Crippen LogP contribution in [0.25, 0.3) is 33.0 Å². The summed E-state index contributed by atoms with van der Waals surface area (Å²) in [6.45, 7) is 3.82. The highest BCUT2D eigenvalue weighted by Gasteiger charge is 2.15. The molecule has 1 aliphatic heterocycles. The van der Waals surface area contributed by atoms with Crippen LogP contribution in [-0.4, -0.2) is 36.1 Å². The van der Waals surface area contributed by atoms with Gasteiger partial charge >= 0.3 is 0 Å². The average Bonchev–Trinajstić information content (AvgIpc) is 2.80. The van der Waals surface area contributed by atoms with Crippen molar-refractivity contribution in [2.75, 3.05) is 36.8 Å². The quantitative estimate of drug-likeness (QED) is 0.447. The minimum atomic E-state index is -0.603. The number of aromatic nitrogens is 2. The van der Waals surface area contributed by atoms with Crippen molar-refractivity contribution < 1.29 is 4.39 Å². The Kier molecular flexibility index (Phi) is 4.88. The molecule has 5 rings (SSSR count). The molecule has 1 fully saturated rings. The van der Waals surface area contributed by atoms with Crippen LogP contribution in [0.1, 0.15) is 0 Å². The van der Waals surface area contributed by atoms with Gasteiger partial charge in [-0.15, -0.1) is 0 Å². The summed E-state index contributed by atoms with van der Waals surface area (Å²) in [6.07, 6.45) is 1.60. The highest BCUT2D eigenvalue weighted by molar-refractivity contribution is 5.89. The molecule has 0 atom stereocenters. The lowest BCUT2D eigenvalue weighted by atomic mass is 9.98. The van der Waals surface area contributed by atoms with Crippen molar-refractivity contribution in [3.63, 3.8) is 0 Å². The fourth-order valence-corrected chi connectivity index (χ4v) is 4.07. The van der Waals surface area contributed by atoms with E-state index in [0.29, 0.717) is 16.5 Å². The lowest BCUT2D eigenvalue weighted by Gasteiger charge is -2.29. The summed E-state index contributed by atoms with van der Waals surface area (Å²) in [4.78, 5) is 20.9. The molecule has 4 aromatic rings. The Labute approximate surface area is 178 Å². The molecule has 0 spiro atoms. The highest BCUT2D eigenvalue weighted by Crippen LogP contribution is 2.33. The lowest BCUT2D eigenvalue weighted by Crippen LogP contribution is -2.43. The first-order chi connectivity index (χ1) is 15.1. The van der Waals surface area contributed by atoms with Gasteiger partial charge in [0.1, 0.15) is 5.82 Å². The van der Waals surface area contributed by atoms with E-state index >= 15 is 0 Å². The molecule has 0 aliphatic carbocycles. The van der Waals surface area contributed by atoms with E-state index < -0.39 is 5.95 Å². The van der Waals surface area contributed by atoms with Gasteiger partial charge in [0.2, 0.25) is 5.95 Å². The van der Waals surface area contributed by atoms with E-state index in [0.717, 1.165) is 48.4 Å². The normalized spacial score (nSPS) is 14.2. The Bertz CT molecular complexity index is 1310. The van der Waals surface area contributed by atoms with E-state index in [1.807, 2.05) is 36.4 Å². The number of aromatic amines is 1. The first-order valence-electron chi connectivity index (χ1n) is 10.2. The maximum Gasteiger partial charge on any atom is 0.255 e. The number of benzene rings is 2. The van der Waals surface area contributed by atoms with Crippen LogP contribution in [0.4, 0.5) is 15.9 Å². The van der Waals surface area contributed by atoms with E-state index in [1.54, 1.807) is 24.4 Å². The van der Waals surface area contributed by atoms with Crippen LogP contribution in [0, 0.1) is 5.95 Å². The van der Waals surface area contributed by atoms with E-state index in [-0.39, 0.29) is 11.4 Å². The number of pyridine rings is 2. The highest BCUT2D eigenvalue weighted by atomic mass is 19.1. The number of anilines is 2. The molecule has 3 heterocycles. The first kappa shape index (κ1) is 19.3. The third-order valence-electron chi connectivity index (χ3n) is 5.75. The number of hydrogen-bond acceptors (Lipinski definition) is 5. The van der Waals surface area contributed by atoms with Gasteiger partial charge in [-0.05, 0) is 52.9 Å². The summed E-state index contributed by atoms with van der Waals surface area (Å²) < 4.78 is 14.7. The molecule has 2 aromatic carbocycles. The number of halogens is 1. The minimum Gasteiger partial charge on any atom is -0.383 e. The molecule has 0 unspecified atom stereocenters. The van der Waals surface area contributed by atoms with Gasteiger partial charge in [-0.2, -0.15) is 4.39 Å². The number of nitrogen functional groups attached to an aromatic ring is 1. The lowest BCUT2D eigenvalue weighted by molar-refractivity contribution is 0.588. The van der Waals surface area contributed by atoms with Crippen molar-refractivity contribution in [3.8, 4) is 22.3 Å². The number of piperazine rings is 1. The second-order valence-corrected chi connectivity index (χ2v) is 7.65. The van der Waals surface area contributed by atoms with Gasteiger partial charge in [-0.25, -0.2) is 4.98 Å². The van der Waals surface area contributed by atoms with E-state index in [1.165, 1.54) is 0 Å². The van der Waals surface area contributed by atoms with E-state index in [9.17, 15) is 9.18 Å². The first-order valence-corrected chi connectivity index (χ1v) is 10.2. The second-order valence-electron chi connectivity index (χ2n) is 7.65. The molecular weight excluding hydrogens is 393 g/mol. The fraction of sp³-hybridized carbons (Fsp3) is 0.167.